The Morgan fingerprint density at radius 3 is 2.87 bits per heavy atom. The van der Waals surface area contributed by atoms with Crippen molar-refractivity contribution in [2.45, 2.75) is 44.6 Å². The Kier molecular flexibility index (Phi) is 3.57. The van der Waals surface area contributed by atoms with Gasteiger partial charge in [-0.15, -0.1) is 6.58 Å². The largest absolute Gasteiger partial charge is 0.299 e. The molecule has 1 aliphatic heterocycles. The fourth-order valence-electron chi connectivity index (χ4n) is 3.11. The Morgan fingerprint density at radius 1 is 1.33 bits per heavy atom. The maximum absolute atomic E-state index is 11.8. The number of carbonyl (C=O) groups excluding carboxylic acids is 1. The fraction of sp³-hybridized carbons (Fsp3) is 0.769. The summed E-state index contributed by atoms with van der Waals surface area (Å²) in [5.41, 5.74) is 0. The first-order valence-electron chi connectivity index (χ1n) is 6.20. The monoisotopic (exact) mass is 207 g/mol. The van der Waals surface area contributed by atoms with Crippen LogP contribution in [0, 0.1) is 5.92 Å². The summed E-state index contributed by atoms with van der Waals surface area (Å²) in [4.78, 5) is 14.2. The van der Waals surface area contributed by atoms with Crippen molar-refractivity contribution in [1.29, 1.82) is 0 Å². The minimum atomic E-state index is 0.338. The van der Waals surface area contributed by atoms with Gasteiger partial charge in [0.1, 0.15) is 5.78 Å². The zero-order valence-electron chi connectivity index (χ0n) is 9.45. The van der Waals surface area contributed by atoms with E-state index in [2.05, 4.69) is 11.5 Å². The second-order valence-electron chi connectivity index (χ2n) is 4.81. The quantitative estimate of drug-likeness (QED) is 0.662. The van der Waals surface area contributed by atoms with Crippen molar-refractivity contribution in [3.05, 3.63) is 12.7 Å². The van der Waals surface area contributed by atoms with Crippen LogP contribution in [0.1, 0.15) is 38.5 Å². The summed E-state index contributed by atoms with van der Waals surface area (Å²) in [5.74, 6) is 0.848. The van der Waals surface area contributed by atoms with Gasteiger partial charge in [0.2, 0.25) is 0 Å². The van der Waals surface area contributed by atoms with Crippen LogP contribution in [0.3, 0.4) is 0 Å². The smallest absolute Gasteiger partial charge is 0.137 e. The minimum Gasteiger partial charge on any atom is -0.299 e. The first kappa shape index (κ1) is 10.9. The van der Waals surface area contributed by atoms with Crippen LogP contribution < -0.4 is 0 Å². The highest BCUT2D eigenvalue weighted by Crippen LogP contribution is 2.32. The molecule has 15 heavy (non-hydrogen) atoms. The lowest BCUT2D eigenvalue weighted by Crippen LogP contribution is -2.45. The topological polar surface area (TPSA) is 20.3 Å². The second-order valence-corrected chi connectivity index (χ2v) is 4.81. The summed E-state index contributed by atoms with van der Waals surface area (Å²) in [6, 6.07) is 0.520. The van der Waals surface area contributed by atoms with Gasteiger partial charge < -0.3 is 0 Å². The van der Waals surface area contributed by atoms with Crippen LogP contribution in [-0.2, 0) is 4.79 Å². The predicted octanol–water partition coefficient (Wildman–Crippen LogP) is 2.40. The number of Topliss-reactive ketones (excluding diaryl/α,β-unsaturated/α-hetero) is 1. The summed E-state index contributed by atoms with van der Waals surface area (Å²) >= 11 is 0. The van der Waals surface area contributed by atoms with Crippen molar-refractivity contribution in [2.75, 3.05) is 13.1 Å². The maximum atomic E-state index is 11.8. The van der Waals surface area contributed by atoms with Crippen LogP contribution in [-0.4, -0.2) is 29.8 Å². The molecule has 2 heteroatoms. The number of nitrogens with zero attached hydrogens (tertiary/aromatic N) is 1. The molecule has 0 spiro atoms. The summed E-state index contributed by atoms with van der Waals surface area (Å²) in [7, 11) is 0. The molecule has 2 nitrogen and oxygen atoms in total. The molecule has 2 aliphatic rings. The predicted molar refractivity (Wildman–Crippen MR) is 61.8 cm³/mol. The van der Waals surface area contributed by atoms with E-state index in [0.717, 1.165) is 32.4 Å². The highest BCUT2D eigenvalue weighted by Gasteiger charge is 2.36. The molecule has 1 aliphatic carbocycles. The molecule has 0 aromatic heterocycles. The van der Waals surface area contributed by atoms with Gasteiger partial charge in [0, 0.05) is 24.9 Å². The van der Waals surface area contributed by atoms with Gasteiger partial charge >= 0.3 is 0 Å². The molecule has 2 rings (SSSR count). The summed E-state index contributed by atoms with van der Waals surface area (Å²) < 4.78 is 0. The zero-order valence-corrected chi connectivity index (χ0v) is 9.45. The molecule has 84 valence electrons. The third kappa shape index (κ3) is 2.31. The fourth-order valence-corrected chi connectivity index (χ4v) is 3.11. The van der Waals surface area contributed by atoms with Crippen molar-refractivity contribution < 1.29 is 4.79 Å². The Bertz CT molecular complexity index is 249. The van der Waals surface area contributed by atoms with Crippen molar-refractivity contribution in [3.63, 3.8) is 0 Å². The van der Waals surface area contributed by atoms with Crippen LogP contribution in [0.5, 0.6) is 0 Å². The summed E-state index contributed by atoms with van der Waals surface area (Å²) in [6.07, 6.45) is 8.82. The molecule has 1 saturated carbocycles. The number of hydrogen-bond donors (Lipinski definition) is 0. The van der Waals surface area contributed by atoms with Crippen LogP contribution >= 0.6 is 0 Å². The molecule has 0 amide bonds. The lowest BCUT2D eigenvalue weighted by Gasteiger charge is -2.38. The Labute approximate surface area is 92.3 Å². The molecule has 1 heterocycles. The lowest BCUT2D eigenvalue weighted by atomic mass is 9.88. The third-order valence-electron chi connectivity index (χ3n) is 3.84. The zero-order chi connectivity index (χ0) is 10.7. The Morgan fingerprint density at radius 2 is 2.20 bits per heavy atom. The van der Waals surface area contributed by atoms with Crippen molar-refractivity contribution in [1.82, 2.24) is 4.90 Å². The van der Waals surface area contributed by atoms with Crippen molar-refractivity contribution in [2.24, 2.45) is 5.92 Å². The number of rotatable bonds is 3. The van der Waals surface area contributed by atoms with Gasteiger partial charge in [0.25, 0.3) is 0 Å². The normalized spacial score (nSPS) is 33.2. The van der Waals surface area contributed by atoms with Gasteiger partial charge in [0.15, 0.2) is 0 Å². The van der Waals surface area contributed by atoms with Gasteiger partial charge in [-0.2, -0.15) is 0 Å². The molecular weight excluding hydrogens is 186 g/mol. The molecule has 2 unspecified atom stereocenters. The van der Waals surface area contributed by atoms with Crippen molar-refractivity contribution in [3.8, 4) is 0 Å². The number of hydrogen-bond acceptors (Lipinski definition) is 2. The lowest BCUT2D eigenvalue weighted by molar-refractivity contribution is -0.123. The van der Waals surface area contributed by atoms with E-state index in [0.29, 0.717) is 17.7 Å². The van der Waals surface area contributed by atoms with E-state index < -0.39 is 0 Å². The van der Waals surface area contributed by atoms with Gasteiger partial charge in [-0.3, -0.25) is 9.69 Å². The molecule has 2 atom stereocenters. The van der Waals surface area contributed by atoms with Crippen LogP contribution in [0.2, 0.25) is 0 Å². The van der Waals surface area contributed by atoms with Crippen LogP contribution in [0.25, 0.3) is 0 Å². The van der Waals surface area contributed by atoms with Gasteiger partial charge in [-0.1, -0.05) is 12.5 Å². The molecule has 1 saturated heterocycles. The average molecular weight is 207 g/mol. The average Bonchev–Trinajstić information content (AvgIpc) is 2.66. The van der Waals surface area contributed by atoms with Gasteiger partial charge in [-0.05, 0) is 32.2 Å². The minimum absolute atomic E-state index is 0.338. The van der Waals surface area contributed by atoms with E-state index >= 15 is 0 Å². The Balaban J connectivity index is 2.03. The summed E-state index contributed by atoms with van der Waals surface area (Å²) in [5, 5.41) is 0. The van der Waals surface area contributed by atoms with Crippen LogP contribution in [0.15, 0.2) is 12.7 Å². The molecule has 0 radical (unpaired) electrons. The van der Waals surface area contributed by atoms with Crippen LogP contribution in [0.4, 0.5) is 0 Å². The molecular formula is C13H21NO. The second kappa shape index (κ2) is 4.93. The standard InChI is InChI=1S/C13H21NO/c1-2-9-14-10-4-3-7-12(14)11-6-5-8-13(11)15/h2,11-12H,1,3-10H2. The SMILES string of the molecule is C=CCN1CCCCC1C1CCCC1=O. The Hall–Kier alpha value is -0.630. The van der Waals surface area contributed by atoms with Crippen molar-refractivity contribution >= 4 is 5.78 Å². The van der Waals surface area contributed by atoms with E-state index in [-0.39, 0.29) is 0 Å². The number of ketones is 1. The third-order valence-corrected chi connectivity index (χ3v) is 3.84. The number of piperidine rings is 1. The molecule has 0 bridgehead atoms. The van der Waals surface area contributed by atoms with E-state index in [1.165, 1.54) is 19.3 Å². The van der Waals surface area contributed by atoms with Gasteiger partial charge in [0.05, 0.1) is 0 Å². The highest BCUT2D eigenvalue weighted by molar-refractivity contribution is 5.83. The van der Waals surface area contributed by atoms with Gasteiger partial charge in [-0.25, -0.2) is 0 Å². The first-order chi connectivity index (χ1) is 7.33. The van der Waals surface area contributed by atoms with E-state index in [1.54, 1.807) is 0 Å². The molecule has 0 aromatic carbocycles. The van der Waals surface area contributed by atoms with E-state index in [1.807, 2.05) is 6.08 Å². The number of likely N-dealkylation sites (tertiary alicyclic amines) is 1. The molecule has 0 aromatic rings. The maximum Gasteiger partial charge on any atom is 0.137 e. The number of carbonyl (C=O) groups is 1. The first-order valence-corrected chi connectivity index (χ1v) is 6.20. The summed E-state index contributed by atoms with van der Waals surface area (Å²) in [6.45, 7) is 5.91. The van der Waals surface area contributed by atoms with E-state index in [4.69, 9.17) is 0 Å². The highest BCUT2D eigenvalue weighted by atomic mass is 16.1. The van der Waals surface area contributed by atoms with E-state index in [9.17, 15) is 4.79 Å². The molecule has 0 N–H and O–H groups in total. The molecule has 2 fully saturated rings.